The van der Waals surface area contributed by atoms with Gasteiger partial charge in [0.15, 0.2) is 0 Å². The number of carbonyl (C=O) groups excluding carboxylic acids is 1. The van der Waals surface area contributed by atoms with Crippen molar-refractivity contribution in [3.8, 4) is 0 Å². The standard InChI is InChI=1S/C12H16ClNO2/c1-8(2)12(16)14-11(7-15)9-4-3-5-10(13)6-9/h3-6,8,11,15H,7H2,1-2H3,(H,14,16)/t11-/m1/s1. The molecule has 0 saturated carbocycles. The van der Waals surface area contributed by atoms with Gasteiger partial charge in [0.1, 0.15) is 0 Å². The van der Waals surface area contributed by atoms with E-state index in [4.69, 9.17) is 11.6 Å². The zero-order chi connectivity index (χ0) is 12.1. The summed E-state index contributed by atoms with van der Waals surface area (Å²) in [5.74, 6) is -0.188. The van der Waals surface area contributed by atoms with Gasteiger partial charge in [-0.1, -0.05) is 37.6 Å². The van der Waals surface area contributed by atoms with Crippen molar-refractivity contribution in [3.63, 3.8) is 0 Å². The second-order valence-corrected chi connectivity index (χ2v) is 4.39. The number of hydrogen-bond acceptors (Lipinski definition) is 2. The van der Waals surface area contributed by atoms with Gasteiger partial charge < -0.3 is 10.4 Å². The molecule has 3 nitrogen and oxygen atoms in total. The zero-order valence-electron chi connectivity index (χ0n) is 9.40. The minimum absolute atomic E-state index is 0.0842. The largest absolute Gasteiger partial charge is 0.394 e. The number of amides is 1. The number of hydrogen-bond donors (Lipinski definition) is 2. The van der Waals surface area contributed by atoms with Crippen LogP contribution in [0.5, 0.6) is 0 Å². The number of rotatable bonds is 4. The molecule has 4 heteroatoms. The third-order valence-electron chi connectivity index (χ3n) is 2.27. The molecule has 0 aliphatic rings. The third-order valence-corrected chi connectivity index (χ3v) is 2.51. The van der Waals surface area contributed by atoms with E-state index in [1.807, 2.05) is 19.9 Å². The topological polar surface area (TPSA) is 49.3 Å². The van der Waals surface area contributed by atoms with Crippen molar-refractivity contribution in [2.45, 2.75) is 19.9 Å². The summed E-state index contributed by atoms with van der Waals surface area (Å²) in [5, 5.41) is 12.6. The highest BCUT2D eigenvalue weighted by atomic mass is 35.5. The summed E-state index contributed by atoms with van der Waals surface area (Å²) in [5.41, 5.74) is 0.809. The monoisotopic (exact) mass is 241 g/mol. The van der Waals surface area contributed by atoms with Gasteiger partial charge in [-0.05, 0) is 17.7 Å². The molecule has 16 heavy (non-hydrogen) atoms. The number of aliphatic hydroxyl groups excluding tert-OH is 1. The Morgan fingerprint density at radius 2 is 2.19 bits per heavy atom. The van der Waals surface area contributed by atoms with Gasteiger partial charge in [-0.25, -0.2) is 0 Å². The first-order valence-electron chi connectivity index (χ1n) is 5.21. The lowest BCUT2D eigenvalue weighted by molar-refractivity contribution is -0.125. The molecule has 0 aliphatic carbocycles. The Morgan fingerprint density at radius 1 is 1.50 bits per heavy atom. The van der Waals surface area contributed by atoms with Crippen molar-refractivity contribution in [1.29, 1.82) is 0 Å². The molecule has 2 N–H and O–H groups in total. The molecule has 1 amide bonds. The molecule has 0 fully saturated rings. The average molecular weight is 242 g/mol. The lowest BCUT2D eigenvalue weighted by Crippen LogP contribution is -2.33. The smallest absolute Gasteiger partial charge is 0.223 e. The summed E-state index contributed by atoms with van der Waals surface area (Å²) in [6.45, 7) is 3.47. The normalized spacial score (nSPS) is 12.6. The first kappa shape index (κ1) is 13.0. The lowest BCUT2D eigenvalue weighted by Gasteiger charge is -2.18. The molecule has 1 atom stereocenters. The molecule has 0 aromatic heterocycles. The average Bonchev–Trinajstić information content (AvgIpc) is 2.25. The van der Waals surface area contributed by atoms with Gasteiger partial charge >= 0.3 is 0 Å². The Bertz CT molecular complexity index is 366. The minimum atomic E-state index is -0.395. The van der Waals surface area contributed by atoms with Crippen LogP contribution in [0.4, 0.5) is 0 Å². The van der Waals surface area contributed by atoms with Crippen molar-refractivity contribution in [1.82, 2.24) is 5.32 Å². The van der Waals surface area contributed by atoms with Crippen LogP contribution in [0.1, 0.15) is 25.5 Å². The van der Waals surface area contributed by atoms with E-state index < -0.39 is 6.04 Å². The summed E-state index contributed by atoms with van der Waals surface area (Å²) in [6, 6.07) is 6.72. The SMILES string of the molecule is CC(C)C(=O)N[C@H](CO)c1cccc(Cl)c1. The maximum Gasteiger partial charge on any atom is 0.223 e. The summed E-state index contributed by atoms with van der Waals surface area (Å²) in [7, 11) is 0. The number of nitrogens with one attached hydrogen (secondary N) is 1. The number of carbonyl (C=O) groups is 1. The minimum Gasteiger partial charge on any atom is -0.394 e. The van der Waals surface area contributed by atoms with Crippen LogP contribution in [-0.2, 0) is 4.79 Å². The number of aliphatic hydroxyl groups is 1. The van der Waals surface area contributed by atoms with E-state index >= 15 is 0 Å². The molecule has 1 rings (SSSR count). The molecule has 0 spiro atoms. The predicted molar refractivity (Wildman–Crippen MR) is 64.3 cm³/mol. The molecule has 0 aliphatic heterocycles. The lowest BCUT2D eigenvalue weighted by atomic mass is 10.1. The summed E-state index contributed by atoms with van der Waals surface area (Å²) < 4.78 is 0. The van der Waals surface area contributed by atoms with E-state index in [1.54, 1.807) is 18.2 Å². The van der Waals surface area contributed by atoms with Crippen LogP contribution in [0.3, 0.4) is 0 Å². The Balaban J connectivity index is 2.78. The highest BCUT2D eigenvalue weighted by molar-refractivity contribution is 6.30. The molecule has 1 aromatic carbocycles. The highest BCUT2D eigenvalue weighted by Gasteiger charge is 2.15. The van der Waals surface area contributed by atoms with Crippen LogP contribution in [0, 0.1) is 5.92 Å². The van der Waals surface area contributed by atoms with E-state index in [0.717, 1.165) is 5.56 Å². The fourth-order valence-corrected chi connectivity index (χ4v) is 1.49. The van der Waals surface area contributed by atoms with Crippen LogP contribution in [0.2, 0.25) is 5.02 Å². The van der Waals surface area contributed by atoms with E-state index in [9.17, 15) is 9.90 Å². The maximum atomic E-state index is 11.5. The first-order valence-corrected chi connectivity index (χ1v) is 5.59. The molecule has 88 valence electrons. The van der Waals surface area contributed by atoms with Gasteiger partial charge in [0.05, 0.1) is 12.6 Å². The van der Waals surface area contributed by atoms with Crippen LogP contribution < -0.4 is 5.32 Å². The molecule has 0 saturated heterocycles. The van der Waals surface area contributed by atoms with Crippen LogP contribution in [0.25, 0.3) is 0 Å². The Hall–Kier alpha value is -1.06. The molecule has 0 unspecified atom stereocenters. The van der Waals surface area contributed by atoms with Crippen LogP contribution >= 0.6 is 11.6 Å². The van der Waals surface area contributed by atoms with E-state index in [-0.39, 0.29) is 18.4 Å². The summed E-state index contributed by atoms with van der Waals surface area (Å²) in [6.07, 6.45) is 0. The molecule has 0 radical (unpaired) electrons. The Kier molecular flexibility index (Phi) is 4.77. The van der Waals surface area contributed by atoms with E-state index in [0.29, 0.717) is 5.02 Å². The van der Waals surface area contributed by atoms with E-state index in [2.05, 4.69) is 5.32 Å². The molecular weight excluding hydrogens is 226 g/mol. The van der Waals surface area contributed by atoms with Gasteiger partial charge in [0.2, 0.25) is 5.91 Å². The summed E-state index contributed by atoms with van der Waals surface area (Å²) >= 11 is 5.85. The second kappa shape index (κ2) is 5.87. The quantitative estimate of drug-likeness (QED) is 0.849. The van der Waals surface area contributed by atoms with Crippen molar-refractivity contribution in [3.05, 3.63) is 34.9 Å². The molecule has 0 heterocycles. The van der Waals surface area contributed by atoms with Gasteiger partial charge in [-0.3, -0.25) is 4.79 Å². The fourth-order valence-electron chi connectivity index (χ4n) is 1.30. The maximum absolute atomic E-state index is 11.5. The van der Waals surface area contributed by atoms with Gasteiger partial charge in [0.25, 0.3) is 0 Å². The van der Waals surface area contributed by atoms with Crippen LogP contribution in [-0.4, -0.2) is 17.6 Å². The van der Waals surface area contributed by atoms with E-state index in [1.165, 1.54) is 0 Å². The number of halogens is 1. The van der Waals surface area contributed by atoms with Gasteiger partial charge in [-0.2, -0.15) is 0 Å². The Labute approximate surface area is 100 Å². The van der Waals surface area contributed by atoms with Crippen LogP contribution in [0.15, 0.2) is 24.3 Å². The number of benzene rings is 1. The predicted octanol–water partition coefficient (Wildman–Crippen LogP) is 2.15. The van der Waals surface area contributed by atoms with Crippen molar-refractivity contribution in [2.24, 2.45) is 5.92 Å². The fraction of sp³-hybridized carbons (Fsp3) is 0.417. The molecule has 1 aromatic rings. The molecule has 0 bridgehead atoms. The summed E-state index contributed by atoms with van der Waals surface area (Å²) in [4.78, 5) is 11.5. The van der Waals surface area contributed by atoms with Gasteiger partial charge in [-0.15, -0.1) is 0 Å². The first-order chi connectivity index (χ1) is 7.54. The van der Waals surface area contributed by atoms with Crippen molar-refractivity contribution < 1.29 is 9.90 Å². The third kappa shape index (κ3) is 3.51. The second-order valence-electron chi connectivity index (χ2n) is 3.95. The zero-order valence-corrected chi connectivity index (χ0v) is 10.2. The molecular formula is C12H16ClNO2. The van der Waals surface area contributed by atoms with Crippen molar-refractivity contribution in [2.75, 3.05) is 6.61 Å². The Morgan fingerprint density at radius 3 is 2.69 bits per heavy atom. The highest BCUT2D eigenvalue weighted by Crippen LogP contribution is 2.17. The van der Waals surface area contributed by atoms with Gasteiger partial charge in [0, 0.05) is 10.9 Å². The van der Waals surface area contributed by atoms with Crippen molar-refractivity contribution >= 4 is 17.5 Å².